The molecule has 3 rings (SSSR count). The van der Waals surface area contributed by atoms with E-state index in [0.29, 0.717) is 5.52 Å². The number of fused-ring (bicyclic) bond motifs is 1. The van der Waals surface area contributed by atoms with Crippen LogP contribution < -0.4 is 4.90 Å². The highest BCUT2D eigenvalue weighted by atomic mass is 15.4. The first-order chi connectivity index (χ1) is 9.68. The van der Waals surface area contributed by atoms with E-state index in [1.165, 1.54) is 6.33 Å². The van der Waals surface area contributed by atoms with Crippen LogP contribution in [0.25, 0.3) is 11.2 Å². The van der Waals surface area contributed by atoms with Gasteiger partial charge in [-0.25, -0.2) is 14.6 Å². The average molecular weight is 269 g/mol. The van der Waals surface area contributed by atoms with Gasteiger partial charge in [0.25, 0.3) is 0 Å². The molecule has 20 heavy (non-hydrogen) atoms. The third kappa shape index (κ3) is 1.97. The van der Waals surface area contributed by atoms with E-state index in [1.54, 1.807) is 10.9 Å². The van der Waals surface area contributed by atoms with Crippen molar-refractivity contribution in [2.75, 3.05) is 11.9 Å². The van der Waals surface area contributed by atoms with Gasteiger partial charge in [-0.05, 0) is 19.1 Å². The van der Waals surface area contributed by atoms with Gasteiger partial charge in [-0.3, -0.25) is 4.98 Å². The maximum absolute atomic E-state index is 4.38. The Kier molecular flexibility index (Phi) is 3.02. The first-order valence-electron chi connectivity index (χ1n) is 6.32. The van der Waals surface area contributed by atoms with Crippen molar-refractivity contribution < 1.29 is 0 Å². The van der Waals surface area contributed by atoms with Gasteiger partial charge in [-0.15, -0.1) is 5.10 Å². The van der Waals surface area contributed by atoms with Crippen molar-refractivity contribution in [2.24, 2.45) is 7.05 Å². The Balaban J connectivity index is 2.02. The summed E-state index contributed by atoms with van der Waals surface area (Å²) in [4.78, 5) is 15.0. The third-order valence-corrected chi connectivity index (χ3v) is 3.40. The maximum Gasteiger partial charge on any atom is 0.183 e. The van der Waals surface area contributed by atoms with Gasteiger partial charge in [0.1, 0.15) is 6.33 Å². The minimum absolute atomic E-state index is 0.0799. The molecule has 0 aliphatic carbocycles. The number of pyridine rings is 1. The highest BCUT2D eigenvalue weighted by molar-refractivity contribution is 5.82. The highest BCUT2D eigenvalue weighted by Gasteiger charge is 2.19. The lowest BCUT2D eigenvalue weighted by Crippen LogP contribution is -2.23. The van der Waals surface area contributed by atoms with E-state index in [9.17, 15) is 0 Å². The van der Waals surface area contributed by atoms with Gasteiger partial charge in [0.2, 0.25) is 0 Å². The van der Waals surface area contributed by atoms with Crippen molar-refractivity contribution in [1.82, 2.24) is 29.9 Å². The lowest BCUT2D eigenvalue weighted by atomic mass is 10.2. The van der Waals surface area contributed by atoms with Crippen LogP contribution in [0, 0.1) is 0 Å². The summed E-state index contributed by atoms with van der Waals surface area (Å²) in [6.07, 6.45) is 3.32. The molecular weight excluding hydrogens is 254 g/mol. The SMILES string of the molecule is C[C@@H](c1ccccn1)N(C)c1ncnc2c1nnn2C. The Hall–Kier alpha value is -2.57. The van der Waals surface area contributed by atoms with Crippen molar-refractivity contribution in [3.8, 4) is 0 Å². The van der Waals surface area contributed by atoms with Crippen LogP contribution in [0.3, 0.4) is 0 Å². The molecule has 3 heterocycles. The summed E-state index contributed by atoms with van der Waals surface area (Å²) >= 11 is 0. The molecule has 0 radical (unpaired) electrons. The van der Waals surface area contributed by atoms with Crippen LogP contribution in [0.2, 0.25) is 0 Å². The standard InChI is InChI=1S/C13H15N7/c1-9(10-6-4-5-7-14-10)19(2)12-11-13(16-8-15-12)20(3)18-17-11/h4-9H,1-3H3/t9-/m0/s1. The van der Waals surface area contributed by atoms with Crippen LogP contribution in [-0.2, 0) is 7.05 Å². The fourth-order valence-corrected chi connectivity index (χ4v) is 2.10. The van der Waals surface area contributed by atoms with Crippen LogP contribution in [0.15, 0.2) is 30.7 Å². The predicted molar refractivity (Wildman–Crippen MR) is 75.2 cm³/mol. The molecule has 0 unspecified atom stereocenters. The van der Waals surface area contributed by atoms with E-state index >= 15 is 0 Å². The smallest absolute Gasteiger partial charge is 0.183 e. The van der Waals surface area contributed by atoms with Crippen molar-refractivity contribution in [2.45, 2.75) is 13.0 Å². The van der Waals surface area contributed by atoms with Crippen molar-refractivity contribution in [1.29, 1.82) is 0 Å². The van der Waals surface area contributed by atoms with Gasteiger partial charge in [-0.2, -0.15) is 0 Å². The van der Waals surface area contributed by atoms with E-state index in [0.717, 1.165) is 17.2 Å². The van der Waals surface area contributed by atoms with Crippen molar-refractivity contribution >= 4 is 17.0 Å². The van der Waals surface area contributed by atoms with E-state index in [2.05, 4.69) is 32.2 Å². The first-order valence-corrected chi connectivity index (χ1v) is 6.32. The molecule has 7 nitrogen and oxygen atoms in total. The maximum atomic E-state index is 4.38. The molecule has 0 aliphatic rings. The summed E-state index contributed by atoms with van der Waals surface area (Å²) in [5.41, 5.74) is 2.39. The molecule has 0 saturated heterocycles. The largest absolute Gasteiger partial charge is 0.349 e. The minimum atomic E-state index is 0.0799. The number of rotatable bonds is 3. The monoisotopic (exact) mass is 269 g/mol. The van der Waals surface area contributed by atoms with E-state index in [4.69, 9.17) is 0 Å². The topological polar surface area (TPSA) is 72.6 Å². The Labute approximate surface area is 116 Å². The Bertz CT molecular complexity index is 722. The minimum Gasteiger partial charge on any atom is -0.349 e. The second-order valence-electron chi connectivity index (χ2n) is 4.62. The van der Waals surface area contributed by atoms with E-state index in [1.807, 2.05) is 37.2 Å². The quantitative estimate of drug-likeness (QED) is 0.714. The Morgan fingerprint density at radius 2 is 2.05 bits per heavy atom. The van der Waals surface area contributed by atoms with Gasteiger partial charge in [0.05, 0.1) is 11.7 Å². The number of aromatic nitrogens is 6. The fraction of sp³-hybridized carbons (Fsp3) is 0.308. The normalized spacial score (nSPS) is 12.6. The first kappa shape index (κ1) is 12.5. The summed E-state index contributed by atoms with van der Waals surface area (Å²) < 4.78 is 1.64. The number of nitrogens with zero attached hydrogens (tertiary/aromatic N) is 7. The zero-order chi connectivity index (χ0) is 14.1. The molecule has 0 spiro atoms. The summed E-state index contributed by atoms with van der Waals surface area (Å²) in [7, 11) is 3.78. The third-order valence-electron chi connectivity index (χ3n) is 3.40. The van der Waals surface area contributed by atoms with Crippen molar-refractivity contribution in [3.05, 3.63) is 36.4 Å². The van der Waals surface area contributed by atoms with Gasteiger partial charge >= 0.3 is 0 Å². The Morgan fingerprint density at radius 3 is 2.80 bits per heavy atom. The zero-order valence-corrected chi connectivity index (χ0v) is 11.6. The van der Waals surface area contributed by atoms with Crippen molar-refractivity contribution in [3.63, 3.8) is 0 Å². The lowest BCUT2D eigenvalue weighted by molar-refractivity contribution is 0.706. The molecule has 102 valence electrons. The summed E-state index contributed by atoms with van der Waals surface area (Å²) in [6, 6.07) is 5.96. The second kappa shape index (κ2) is 4.84. The average Bonchev–Trinajstić information content (AvgIpc) is 2.88. The molecule has 7 heteroatoms. The number of anilines is 1. The van der Waals surface area contributed by atoms with Crippen LogP contribution in [0.5, 0.6) is 0 Å². The number of aryl methyl sites for hydroxylation is 1. The van der Waals surface area contributed by atoms with Gasteiger partial charge in [0.15, 0.2) is 17.0 Å². The molecule has 3 aromatic rings. The molecule has 0 saturated carbocycles. The molecule has 1 atom stereocenters. The highest BCUT2D eigenvalue weighted by Crippen LogP contribution is 2.26. The van der Waals surface area contributed by atoms with Crippen LogP contribution in [0.1, 0.15) is 18.7 Å². The molecule has 0 amide bonds. The fourth-order valence-electron chi connectivity index (χ4n) is 2.10. The second-order valence-corrected chi connectivity index (χ2v) is 4.62. The number of hydrogen-bond acceptors (Lipinski definition) is 6. The molecule has 3 aromatic heterocycles. The lowest BCUT2D eigenvalue weighted by Gasteiger charge is -2.25. The van der Waals surface area contributed by atoms with E-state index < -0.39 is 0 Å². The van der Waals surface area contributed by atoms with Gasteiger partial charge in [-0.1, -0.05) is 11.3 Å². The molecule has 0 fully saturated rings. The van der Waals surface area contributed by atoms with Gasteiger partial charge < -0.3 is 4.90 Å². The Morgan fingerprint density at radius 1 is 1.20 bits per heavy atom. The van der Waals surface area contributed by atoms with E-state index in [-0.39, 0.29) is 6.04 Å². The molecule has 0 aliphatic heterocycles. The van der Waals surface area contributed by atoms with Crippen LogP contribution >= 0.6 is 0 Å². The number of hydrogen-bond donors (Lipinski definition) is 0. The van der Waals surface area contributed by atoms with Crippen LogP contribution in [-0.4, -0.2) is 37.0 Å². The summed E-state index contributed by atoms with van der Waals surface area (Å²) in [6.45, 7) is 2.08. The van der Waals surface area contributed by atoms with Gasteiger partial charge in [0, 0.05) is 20.3 Å². The van der Waals surface area contributed by atoms with Crippen LogP contribution in [0.4, 0.5) is 5.82 Å². The molecule has 0 bridgehead atoms. The summed E-state index contributed by atoms with van der Waals surface area (Å²) in [5.74, 6) is 0.751. The molecular formula is C13H15N7. The molecule has 0 N–H and O–H groups in total. The zero-order valence-electron chi connectivity index (χ0n) is 11.6. The summed E-state index contributed by atoms with van der Waals surface area (Å²) in [5, 5.41) is 8.13. The molecule has 0 aromatic carbocycles. The predicted octanol–water partition coefficient (Wildman–Crippen LogP) is 1.35.